The molecule has 3 heteroatoms. The van der Waals surface area contributed by atoms with E-state index in [2.05, 4.69) is 20.8 Å². The highest BCUT2D eigenvalue weighted by molar-refractivity contribution is 6.31. The molecule has 0 fully saturated rings. The van der Waals surface area contributed by atoms with Crippen LogP contribution in [0.15, 0.2) is 24.3 Å². The number of halogens is 1. The summed E-state index contributed by atoms with van der Waals surface area (Å²) in [5.41, 5.74) is 6.75. The molecule has 1 aromatic carbocycles. The Morgan fingerprint density at radius 2 is 1.88 bits per heavy atom. The van der Waals surface area contributed by atoms with Gasteiger partial charge in [-0.3, -0.25) is 0 Å². The van der Waals surface area contributed by atoms with Crippen molar-refractivity contribution in [1.82, 2.24) is 0 Å². The van der Waals surface area contributed by atoms with E-state index >= 15 is 0 Å². The zero-order valence-electron chi connectivity index (χ0n) is 10.8. The van der Waals surface area contributed by atoms with Crippen molar-refractivity contribution in [3.8, 4) is 0 Å². The summed E-state index contributed by atoms with van der Waals surface area (Å²) in [7, 11) is 0. The first-order chi connectivity index (χ1) is 8.04. The first kappa shape index (κ1) is 14.5. The molecule has 2 unspecified atom stereocenters. The quantitative estimate of drug-likeness (QED) is 0.839. The fraction of sp³-hybridized carbons (Fsp3) is 0.571. The van der Waals surface area contributed by atoms with Gasteiger partial charge in [-0.05, 0) is 25.3 Å². The Bertz CT molecular complexity index is 341. The number of hydrogen-bond donors (Lipinski definition) is 1. The summed E-state index contributed by atoms with van der Waals surface area (Å²) in [6.45, 7) is 6.91. The Balaban J connectivity index is 2.69. The van der Waals surface area contributed by atoms with Gasteiger partial charge in [-0.15, -0.1) is 0 Å². The van der Waals surface area contributed by atoms with Crippen LogP contribution in [0.3, 0.4) is 0 Å². The van der Waals surface area contributed by atoms with Crippen LogP contribution in [0.5, 0.6) is 0 Å². The normalized spacial score (nSPS) is 14.9. The third-order valence-corrected chi connectivity index (χ3v) is 3.01. The van der Waals surface area contributed by atoms with Crippen LogP contribution < -0.4 is 5.73 Å². The molecule has 0 bridgehead atoms. The molecule has 2 nitrogen and oxygen atoms in total. The molecule has 17 heavy (non-hydrogen) atoms. The summed E-state index contributed by atoms with van der Waals surface area (Å²) in [5, 5.41) is 0.722. The Kier molecular flexibility index (Phi) is 5.96. The molecule has 2 atom stereocenters. The smallest absolute Gasteiger partial charge is 0.0965 e. The van der Waals surface area contributed by atoms with E-state index in [1.54, 1.807) is 0 Å². The van der Waals surface area contributed by atoms with Gasteiger partial charge >= 0.3 is 0 Å². The Morgan fingerprint density at radius 1 is 1.24 bits per heavy atom. The lowest BCUT2D eigenvalue weighted by atomic mass is 10.1. The summed E-state index contributed by atoms with van der Waals surface area (Å²) in [6.07, 6.45) is 1.11. The van der Waals surface area contributed by atoms with E-state index in [0.29, 0.717) is 12.5 Å². The lowest BCUT2D eigenvalue weighted by Gasteiger charge is -2.23. The molecular weight excluding hydrogens is 234 g/mol. The van der Waals surface area contributed by atoms with Gasteiger partial charge in [0.25, 0.3) is 0 Å². The van der Waals surface area contributed by atoms with Crippen molar-refractivity contribution in [3.63, 3.8) is 0 Å². The highest BCUT2D eigenvalue weighted by Gasteiger charge is 2.17. The molecule has 2 N–H and O–H groups in total. The molecular formula is C14H22ClNO. The van der Waals surface area contributed by atoms with Gasteiger partial charge in [0.2, 0.25) is 0 Å². The number of nitrogens with two attached hydrogens (primary N) is 1. The van der Waals surface area contributed by atoms with Gasteiger partial charge in [0, 0.05) is 17.1 Å². The van der Waals surface area contributed by atoms with Crippen LogP contribution in [0.4, 0.5) is 0 Å². The second-order valence-corrected chi connectivity index (χ2v) is 5.23. The van der Waals surface area contributed by atoms with Crippen LogP contribution in [0, 0.1) is 5.92 Å². The summed E-state index contributed by atoms with van der Waals surface area (Å²) in [6, 6.07) is 7.72. The Labute approximate surface area is 109 Å². The lowest BCUT2D eigenvalue weighted by Crippen LogP contribution is -2.22. The third kappa shape index (κ3) is 4.66. The van der Waals surface area contributed by atoms with Crippen LogP contribution >= 0.6 is 11.6 Å². The molecule has 1 aromatic rings. The number of ether oxygens (including phenoxy) is 1. The second-order valence-electron chi connectivity index (χ2n) is 4.82. The van der Waals surface area contributed by atoms with Gasteiger partial charge in [-0.2, -0.15) is 0 Å². The maximum absolute atomic E-state index is 6.15. The van der Waals surface area contributed by atoms with Crippen LogP contribution in [0.1, 0.15) is 38.9 Å². The van der Waals surface area contributed by atoms with Gasteiger partial charge in [0.1, 0.15) is 0 Å². The predicted octanol–water partition coefficient (Wildman–Crippen LogP) is 3.79. The molecule has 0 radical (unpaired) electrons. The molecule has 0 saturated carbocycles. The summed E-state index contributed by atoms with van der Waals surface area (Å²) >= 11 is 6.15. The number of hydrogen-bond acceptors (Lipinski definition) is 2. The summed E-state index contributed by atoms with van der Waals surface area (Å²) in [4.78, 5) is 0. The van der Waals surface area contributed by atoms with E-state index in [0.717, 1.165) is 17.0 Å². The molecule has 0 amide bonds. The number of rotatable bonds is 6. The molecule has 0 aliphatic carbocycles. The molecule has 0 aliphatic heterocycles. The zero-order chi connectivity index (χ0) is 12.8. The molecule has 0 saturated heterocycles. The molecule has 0 spiro atoms. The molecule has 0 heterocycles. The second kappa shape index (κ2) is 7.00. The molecule has 0 aliphatic rings. The van der Waals surface area contributed by atoms with E-state index in [-0.39, 0.29) is 12.2 Å². The third-order valence-electron chi connectivity index (χ3n) is 2.67. The van der Waals surface area contributed by atoms with Gasteiger partial charge in [-0.25, -0.2) is 0 Å². The fourth-order valence-corrected chi connectivity index (χ4v) is 2.25. The predicted molar refractivity (Wildman–Crippen MR) is 73.2 cm³/mol. The minimum Gasteiger partial charge on any atom is -0.369 e. The van der Waals surface area contributed by atoms with E-state index in [1.807, 2.05) is 24.3 Å². The lowest BCUT2D eigenvalue weighted by molar-refractivity contribution is -0.00835. The van der Waals surface area contributed by atoms with E-state index in [9.17, 15) is 0 Å². The molecule has 96 valence electrons. The van der Waals surface area contributed by atoms with Crippen molar-refractivity contribution in [3.05, 3.63) is 34.9 Å². The van der Waals surface area contributed by atoms with E-state index in [4.69, 9.17) is 22.1 Å². The van der Waals surface area contributed by atoms with Crippen molar-refractivity contribution in [1.29, 1.82) is 0 Å². The molecule has 1 rings (SSSR count). The SMILES string of the molecule is CC(C)CC(C)OC(CN)c1ccccc1Cl. The maximum Gasteiger partial charge on any atom is 0.0965 e. The maximum atomic E-state index is 6.15. The van der Waals surface area contributed by atoms with Crippen molar-refractivity contribution in [2.45, 2.75) is 39.4 Å². The monoisotopic (exact) mass is 255 g/mol. The van der Waals surface area contributed by atoms with Crippen molar-refractivity contribution in [2.75, 3.05) is 6.54 Å². The zero-order valence-corrected chi connectivity index (χ0v) is 11.6. The van der Waals surface area contributed by atoms with Gasteiger partial charge < -0.3 is 10.5 Å². The van der Waals surface area contributed by atoms with Crippen molar-refractivity contribution in [2.24, 2.45) is 11.7 Å². The van der Waals surface area contributed by atoms with Crippen LogP contribution in [-0.2, 0) is 4.74 Å². The molecule has 0 aromatic heterocycles. The minimum absolute atomic E-state index is 0.113. The Morgan fingerprint density at radius 3 is 2.41 bits per heavy atom. The van der Waals surface area contributed by atoms with Gasteiger partial charge in [-0.1, -0.05) is 43.6 Å². The standard InChI is InChI=1S/C14H22ClNO/c1-10(2)8-11(3)17-14(9-16)12-6-4-5-7-13(12)15/h4-7,10-11,14H,8-9,16H2,1-3H3. The van der Waals surface area contributed by atoms with Crippen LogP contribution in [0.2, 0.25) is 5.02 Å². The first-order valence-electron chi connectivity index (χ1n) is 6.14. The van der Waals surface area contributed by atoms with Crippen LogP contribution in [-0.4, -0.2) is 12.6 Å². The van der Waals surface area contributed by atoms with Crippen LogP contribution in [0.25, 0.3) is 0 Å². The van der Waals surface area contributed by atoms with Crippen molar-refractivity contribution >= 4 is 11.6 Å². The van der Waals surface area contributed by atoms with E-state index < -0.39 is 0 Å². The van der Waals surface area contributed by atoms with E-state index in [1.165, 1.54) is 0 Å². The highest BCUT2D eigenvalue weighted by Crippen LogP contribution is 2.26. The summed E-state index contributed by atoms with van der Waals surface area (Å²) < 4.78 is 5.97. The average molecular weight is 256 g/mol. The first-order valence-corrected chi connectivity index (χ1v) is 6.52. The summed E-state index contributed by atoms with van der Waals surface area (Å²) in [5.74, 6) is 0.620. The number of benzene rings is 1. The highest BCUT2D eigenvalue weighted by atomic mass is 35.5. The Hall–Kier alpha value is -0.570. The largest absolute Gasteiger partial charge is 0.369 e. The minimum atomic E-state index is -0.113. The average Bonchev–Trinajstić information content (AvgIpc) is 2.26. The fourth-order valence-electron chi connectivity index (χ4n) is 1.99. The van der Waals surface area contributed by atoms with Gasteiger partial charge in [0.15, 0.2) is 0 Å². The van der Waals surface area contributed by atoms with Crippen molar-refractivity contribution < 1.29 is 4.74 Å². The topological polar surface area (TPSA) is 35.2 Å². The van der Waals surface area contributed by atoms with Gasteiger partial charge in [0.05, 0.1) is 12.2 Å².